The van der Waals surface area contributed by atoms with Crippen molar-refractivity contribution in [2.45, 2.75) is 45.8 Å². The van der Waals surface area contributed by atoms with Crippen molar-refractivity contribution in [3.05, 3.63) is 28.3 Å². The van der Waals surface area contributed by atoms with Crippen molar-refractivity contribution in [2.75, 3.05) is 11.9 Å². The lowest BCUT2D eigenvalue weighted by molar-refractivity contribution is -0.383. The molecule has 3 N–H and O–H groups in total. The molecule has 0 heterocycles. The third-order valence-corrected chi connectivity index (χ3v) is 3.75. The lowest BCUT2D eigenvalue weighted by atomic mass is 9.76. The Morgan fingerprint density at radius 3 is 2.41 bits per heavy atom. The first-order valence-corrected chi connectivity index (χ1v) is 7.10. The predicted molar refractivity (Wildman–Crippen MR) is 86.3 cm³/mol. The molecule has 0 saturated heterocycles. The van der Waals surface area contributed by atoms with Crippen LogP contribution >= 0.6 is 0 Å². The normalized spacial score (nSPS) is 12.1. The summed E-state index contributed by atoms with van der Waals surface area (Å²) in [5, 5.41) is 34.2. The summed E-state index contributed by atoms with van der Waals surface area (Å²) in [5.74, 6) is 0. The average molecular weight is 310 g/mol. The number of anilines is 1. The molecule has 7 nitrogen and oxygen atoms in total. The lowest BCUT2D eigenvalue weighted by Gasteiger charge is -2.38. The van der Waals surface area contributed by atoms with Gasteiger partial charge in [-0.1, -0.05) is 6.07 Å². The van der Waals surface area contributed by atoms with E-state index in [2.05, 4.69) is 5.32 Å². The molecule has 0 aliphatic rings. The fourth-order valence-electron chi connectivity index (χ4n) is 1.68. The van der Waals surface area contributed by atoms with Gasteiger partial charge in [0.05, 0.1) is 16.1 Å². The van der Waals surface area contributed by atoms with Crippen molar-refractivity contribution in [1.82, 2.24) is 0 Å². The van der Waals surface area contributed by atoms with E-state index in [1.54, 1.807) is 33.8 Å². The number of hydrogen-bond donors (Lipinski definition) is 3. The summed E-state index contributed by atoms with van der Waals surface area (Å²) in [6, 6.07) is 4.35. The molecule has 0 aliphatic carbocycles. The van der Waals surface area contributed by atoms with Crippen LogP contribution in [0.25, 0.3) is 0 Å². The molecule has 0 saturated carbocycles. The monoisotopic (exact) mass is 310 g/mol. The van der Waals surface area contributed by atoms with E-state index in [0.29, 0.717) is 12.2 Å². The van der Waals surface area contributed by atoms with Crippen molar-refractivity contribution in [2.24, 2.45) is 0 Å². The van der Waals surface area contributed by atoms with Crippen molar-refractivity contribution < 1.29 is 19.7 Å². The van der Waals surface area contributed by atoms with Crippen molar-refractivity contribution in [3.8, 4) is 0 Å². The van der Waals surface area contributed by atoms with E-state index in [0.717, 1.165) is 0 Å². The molecule has 0 aliphatic heterocycles. The van der Waals surface area contributed by atoms with Crippen molar-refractivity contribution in [3.63, 3.8) is 0 Å². The lowest BCUT2D eigenvalue weighted by Crippen LogP contribution is -2.53. The molecule has 8 heteroatoms. The zero-order valence-corrected chi connectivity index (χ0v) is 13.6. The van der Waals surface area contributed by atoms with Crippen LogP contribution in [0.1, 0.15) is 34.6 Å². The second kappa shape index (κ2) is 6.64. The molecule has 0 unspecified atom stereocenters. The molecule has 0 spiro atoms. The Labute approximate surface area is 130 Å². The van der Waals surface area contributed by atoms with E-state index >= 15 is 0 Å². The molecule has 1 aromatic rings. The minimum Gasteiger partial charge on any atom is -0.423 e. The van der Waals surface area contributed by atoms with Gasteiger partial charge in [-0.3, -0.25) is 10.1 Å². The third kappa shape index (κ3) is 4.19. The number of benzene rings is 1. The SMILES string of the molecule is CCNc1ccc(B(O)OC(C)(C)C(C)(C)O)cc1[N+](=O)[O-]. The summed E-state index contributed by atoms with van der Waals surface area (Å²) in [6.45, 7) is 8.79. The molecular formula is C14H23BN2O5. The van der Waals surface area contributed by atoms with Gasteiger partial charge in [0.2, 0.25) is 0 Å². The standard InChI is InChI=1S/C14H23BN2O5/c1-6-16-11-8-7-10(9-12(11)17(20)21)15(19)22-14(4,5)13(2,3)18/h7-9,16,18-19H,6H2,1-5H3. The fourth-order valence-corrected chi connectivity index (χ4v) is 1.68. The Kier molecular flexibility index (Phi) is 5.56. The molecule has 0 atom stereocenters. The molecule has 1 aromatic carbocycles. The second-order valence-electron chi connectivity index (χ2n) is 6.10. The number of nitro groups is 1. The highest BCUT2D eigenvalue weighted by atomic mass is 16.6. The Bertz CT molecular complexity index is 543. The zero-order chi connectivity index (χ0) is 17.1. The summed E-state index contributed by atoms with van der Waals surface area (Å²) in [7, 11) is -1.38. The topological polar surface area (TPSA) is 105 Å². The maximum Gasteiger partial charge on any atom is 0.491 e. The minimum absolute atomic E-state index is 0.136. The Hall–Kier alpha value is -1.64. The summed E-state index contributed by atoms with van der Waals surface area (Å²) < 4.78 is 5.49. The molecule has 22 heavy (non-hydrogen) atoms. The van der Waals surface area contributed by atoms with Gasteiger partial charge in [0.15, 0.2) is 0 Å². The van der Waals surface area contributed by atoms with Crippen LogP contribution < -0.4 is 10.8 Å². The first kappa shape index (κ1) is 18.4. The van der Waals surface area contributed by atoms with Crippen molar-refractivity contribution >= 4 is 24.0 Å². The third-order valence-electron chi connectivity index (χ3n) is 3.75. The molecule has 0 bridgehead atoms. The summed E-state index contributed by atoms with van der Waals surface area (Å²) >= 11 is 0. The highest BCUT2D eigenvalue weighted by Gasteiger charge is 2.39. The highest BCUT2D eigenvalue weighted by molar-refractivity contribution is 6.60. The summed E-state index contributed by atoms with van der Waals surface area (Å²) in [6.07, 6.45) is 0. The quantitative estimate of drug-likeness (QED) is 0.398. The second-order valence-corrected chi connectivity index (χ2v) is 6.10. The Morgan fingerprint density at radius 1 is 1.36 bits per heavy atom. The number of aliphatic hydroxyl groups is 1. The van der Waals surface area contributed by atoms with Gasteiger partial charge in [0, 0.05) is 12.6 Å². The maximum absolute atomic E-state index is 11.1. The number of nitrogens with one attached hydrogen (secondary N) is 1. The van der Waals surface area contributed by atoms with Gasteiger partial charge in [-0.15, -0.1) is 0 Å². The van der Waals surface area contributed by atoms with Gasteiger partial charge in [-0.25, -0.2) is 0 Å². The van der Waals surface area contributed by atoms with Crippen LogP contribution in [0.15, 0.2) is 18.2 Å². The predicted octanol–water partition coefficient (Wildman–Crippen LogP) is 1.28. The van der Waals surface area contributed by atoms with E-state index in [9.17, 15) is 20.2 Å². The number of nitrogens with zero attached hydrogens (tertiary/aromatic N) is 1. The van der Waals surface area contributed by atoms with Gasteiger partial charge in [0.1, 0.15) is 5.69 Å². The van der Waals surface area contributed by atoms with Crippen LogP contribution in [0.4, 0.5) is 11.4 Å². The number of rotatable bonds is 7. The molecule has 0 amide bonds. The molecule has 0 fully saturated rings. The maximum atomic E-state index is 11.1. The summed E-state index contributed by atoms with van der Waals surface area (Å²) in [4.78, 5) is 10.6. The smallest absolute Gasteiger partial charge is 0.423 e. The summed E-state index contributed by atoms with van der Waals surface area (Å²) in [5.41, 5.74) is -1.73. The van der Waals surface area contributed by atoms with Gasteiger partial charge in [0.25, 0.3) is 5.69 Å². The van der Waals surface area contributed by atoms with Gasteiger partial charge in [-0.05, 0) is 46.1 Å². The largest absolute Gasteiger partial charge is 0.491 e. The molecule has 0 radical (unpaired) electrons. The molecule has 0 aromatic heterocycles. The van der Waals surface area contributed by atoms with Crippen LogP contribution in [-0.4, -0.2) is 39.9 Å². The minimum atomic E-state index is -1.38. The van der Waals surface area contributed by atoms with Crippen LogP contribution in [0.5, 0.6) is 0 Å². The number of hydrogen-bond acceptors (Lipinski definition) is 6. The Morgan fingerprint density at radius 2 is 1.95 bits per heavy atom. The van der Waals surface area contributed by atoms with E-state index in [1.807, 2.05) is 6.92 Å². The Balaban J connectivity index is 3.07. The van der Waals surface area contributed by atoms with Gasteiger partial charge < -0.3 is 20.1 Å². The molecular weight excluding hydrogens is 287 g/mol. The van der Waals surface area contributed by atoms with E-state index in [-0.39, 0.29) is 11.2 Å². The van der Waals surface area contributed by atoms with E-state index in [4.69, 9.17) is 4.65 Å². The average Bonchev–Trinajstić information content (AvgIpc) is 2.37. The van der Waals surface area contributed by atoms with Crippen LogP contribution in [0.3, 0.4) is 0 Å². The molecule has 1 rings (SSSR count). The number of nitro benzene ring substituents is 1. The van der Waals surface area contributed by atoms with Crippen LogP contribution in [-0.2, 0) is 4.65 Å². The first-order chi connectivity index (χ1) is 9.99. The first-order valence-electron chi connectivity index (χ1n) is 7.10. The van der Waals surface area contributed by atoms with Crippen molar-refractivity contribution in [1.29, 1.82) is 0 Å². The molecule has 122 valence electrons. The van der Waals surface area contributed by atoms with E-state index in [1.165, 1.54) is 12.1 Å². The fraction of sp³-hybridized carbons (Fsp3) is 0.571. The zero-order valence-electron chi connectivity index (χ0n) is 13.6. The van der Waals surface area contributed by atoms with Gasteiger partial charge >= 0.3 is 7.12 Å². The highest BCUT2D eigenvalue weighted by Crippen LogP contribution is 2.26. The van der Waals surface area contributed by atoms with E-state index < -0.39 is 23.2 Å². The van der Waals surface area contributed by atoms with Gasteiger partial charge in [-0.2, -0.15) is 0 Å². The van der Waals surface area contributed by atoms with Crippen LogP contribution in [0, 0.1) is 10.1 Å². The van der Waals surface area contributed by atoms with Crippen LogP contribution in [0.2, 0.25) is 0 Å².